The third-order valence-corrected chi connectivity index (χ3v) is 6.45. The number of rotatable bonds is 3. The highest BCUT2D eigenvalue weighted by atomic mass is 16.5. The molecule has 2 aliphatic heterocycles. The van der Waals surface area contributed by atoms with E-state index in [9.17, 15) is 19.2 Å². The molecule has 1 aromatic heterocycles. The molecule has 2 amide bonds. The van der Waals surface area contributed by atoms with Crippen LogP contribution in [-0.4, -0.2) is 53.8 Å². The van der Waals surface area contributed by atoms with Gasteiger partial charge < -0.3 is 19.0 Å². The predicted molar refractivity (Wildman–Crippen MR) is 118 cm³/mol. The van der Waals surface area contributed by atoms with Gasteiger partial charge in [0.05, 0.1) is 25.1 Å². The molecule has 3 heterocycles. The number of nitrogens with zero attached hydrogens (tertiary/aromatic N) is 2. The number of hydrogen-bond donors (Lipinski definition) is 0. The fourth-order valence-corrected chi connectivity index (χ4v) is 5.00. The molecule has 33 heavy (non-hydrogen) atoms. The van der Waals surface area contributed by atoms with Crippen molar-refractivity contribution in [3.05, 3.63) is 82.2 Å². The molecule has 5 rings (SSSR count). The summed E-state index contributed by atoms with van der Waals surface area (Å²) < 4.78 is 10.3. The number of esters is 1. The van der Waals surface area contributed by atoms with Gasteiger partial charge in [0.15, 0.2) is 0 Å². The monoisotopic (exact) mass is 446 g/mol. The molecule has 2 aromatic carbocycles. The summed E-state index contributed by atoms with van der Waals surface area (Å²) in [5.74, 6) is -1.75. The first-order chi connectivity index (χ1) is 16.0. The number of piperazine rings is 1. The van der Waals surface area contributed by atoms with Gasteiger partial charge in [-0.1, -0.05) is 48.5 Å². The number of amides is 2. The van der Waals surface area contributed by atoms with Crippen molar-refractivity contribution in [3.8, 4) is 0 Å². The van der Waals surface area contributed by atoms with E-state index in [4.69, 9.17) is 9.15 Å². The summed E-state index contributed by atoms with van der Waals surface area (Å²) in [6.07, 6.45) is 0.369. The van der Waals surface area contributed by atoms with Gasteiger partial charge in [0, 0.05) is 11.9 Å². The summed E-state index contributed by atoms with van der Waals surface area (Å²) in [4.78, 5) is 54.6. The molecule has 0 unspecified atom stereocenters. The van der Waals surface area contributed by atoms with E-state index in [0.29, 0.717) is 17.4 Å². The van der Waals surface area contributed by atoms with Gasteiger partial charge >= 0.3 is 11.6 Å². The number of methoxy groups -OCH3 is 1. The Hall–Kier alpha value is -3.94. The lowest BCUT2D eigenvalue weighted by Gasteiger charge is -2.40. The van der Waals surface area contributed by atoms with Crippen LogP contribution >= 0.6 is 0 Å². The Morgan fingerprint density at radius 3 is 2.52 bits per heavy atom. The maximum Gasteiger partial charge on any atom is 0.349 e. The van der Waals surface area contributed by atoms with Gasteiger partial charge in [-0.25, -0.2) is 4.79 Å². The number of ether oxygens (including phenoxy) is 1. The minimum Gasteiger partial charge on any atom is -0.469 e. The topological polar surface area (TPSA) is 97.1 Å². The third-order valence-electron chi connectivity index (χ3n) is 6.45. The van der Waals surface area contributed by atoms with Crippen molar-refractivity contribution >= 4 is 28.8 Å². The second kappa shape index (κ2) is 8.20. The van der Waals surface area contributed by atoms with Gasteiger partial charge in [-0.05, 0) is 24.1 Å². The van der Waals surface area contributed by atoms with Gasteiger partial charge in [-0.15, -0.1) is 0 Å². The van der Waals surface area contributed by atoms with Gasteiger partial charge in [0.2, 0.25) is 5.91 Å². The summed E-state index contributed by atoms with van der Waals surface area (Å²) in [5.41, 5.74) is 0.382. The molecule has 8 nitrogen and oxygen atoms in total. The molecule has 0 spiro atoms. The Morgan fingerprint density at radius 1 is 1.03 bits per heavy atom. The van der Waals surface area contributed by atoms with Crippen LogP contribution in [0.1, 0.15) is 28.4 Å². The highest BCUT2D eigenvalue weighted by Crippen LogP contribution is 2.43. The molecule has 0 saturated carbocycles. The molecule has 2 aliphatic rings. The summed E-state index contributed by atoms with van der Waals surface area (Å²) in [7, 11) is 1.33. The van der Waals surface area contributed by atoms with Gasteiger partial charge in [0.25, 0.3) is 5.91 Å². The van der Waals surface area contributed by atoms with E-state index in [-0.39, 0.29) is 36.6 Å². The minimum atomic E-state index is -0.741. The molecule has 0 N–H and O–H groups in total. The normalized spacial score (nSPS) is 22.3. The van der Waals surface area contributed by atoms with Gasteiger partial charge in [-0.3, -0.25) is 14.4 Å². The van der Waals surface area contributed by atoms with Gasteiger partial charge in [-0.2, -0.15) is 0 Å². The number of hydrogen-bond acceptors (Lipinski definition) is 6. The zero-order chi connectivity index (χ0) is 23.1. The van der Waals surface area contributed by atoms with Crippen LogP contribution in [-0.2, 0) is 14.3 Å². The minimum absolute atomic E-state index is 0.114. The zero-order valence-electron chi connectivity index (χ0n) is 18.0. The largest absolute Gasteiger partial charge is 0.469 e. The molecule has 0 aliphatic carbocycles. The van der Waals surface area contributed by atoms with Crippen molar-refractivity contribution in [2.24, 2.45) is 5.92 Å². The Balaban J connectivity index is 1.46. The number of carbonyl (C=O) groups excluding carboxylic acids is 3. The molecule has 2 saturated heterocycles. The first-order valence-corrected chi connectivity index (χ1v) is 10.7. The lowest BCUT2D eigenvalue weighted by molar-refractivity contribution is -0.147. The summed E-state index contributed by atoms with van der Waals surface area (Å²) in [6.45, 7) is 0.0342. The average Bonchev–Trinajstić information content (AvgIpc) is 3.23. The second-order valence-electron chi connectivity index (χ2n) is 8.35. The van der Waals surface area contributed by atoms with E-state index in [0.717, 1.165) is 5.56 Å². The zero-order valence-corrected chi connectivity index (χ0v) is 18.0. The molecule has 0 radical (unpaired) electrons. The first-order valence-electron chi connectivity index (χ1n) is 10.7. The number of carbonyl (C=O) groups is 3. The molecule has 2 fully saturated rings. The van der Waals surface area contributed by atoms with E-state index in [1.54, 1.807) is 29.2 Å². The fraction of sp³-hybridized carbons (Fsp3) is 0.280. The Labute approximate surface area is 189 Å². The number of para-hydroxylation sites is 1. The molecular weight excluding hydrogens is 424 g/mol. The van der Waals surface area contributed by atoms with Crippen LogP contribution in [0, 0.1) is 5.92 Å². The van der Waals surface area contributed by atoms with Crippen molar-refractivity contribution in [2.45, 2.75) is 18.5 Å². The predicted octanol–water partition coefficient (Wildman–Crippen LogP) is 2.38. The van der Waals surface area contributed by atoms with Crippen LogP contribution in [0.2, 0.25) is 0 Å². The average molecular weight is 446 g/mol. The molecule has 8 heteroatoms. The quantitative estimate of drug-likeness (QED) is 0.453. The van der Waals surface area contributed by atoms with Crippen molar-refractivity contribution < 1.29 is 23.5 Å². The highest BCUT2D eigenvalue weighted by molar-refractivity contribution is 5.99. The van der Waals surface area contributed by atoms with Crippen LogP contribution < -0.4 is 5.63 Å². The smallest absolute Gasteiger partial charge is 0.349 e. The van der Waals surface area contributed by atoms with E-state index in [1.165, 1.54) is 18.1 Å². The Bertz CT molecular complexity index is 1300. The molecule has 3 aromatic rings. The van der Waals surface area contributed by atoms with Crippen molar-refractivity contribution in [3.63, 3.8) is 0 Å². The lowest BCUT2D eigenvalue weighted by Crippen LogP contribution is -2.56. The first kappa shape index (κ1) is 20.9. The van der Waals surface area contributed by atoms with Crippen molar-refractivity contribution in [1.82, 2.24) is 9.80 Å². The maximum absolute atomic E-state index is 13.2. The van der Waals surface area contributed by atoms with Crippen molar-refractivity contribution in [1.29, 1.82) is 0 Å². The summed E-state index contributed by atoms with van der Waals surface area (Å²) in [6, 6.07) is 17.0. The summed E-state index contributed by atoms with van der Waals surface area (Å²) >= 11 is 0. The molecular formula is C25H22N2O6. The number of benzene rings is 2. The van der Waals surface area contributed by atoms with Crippen molar-refractivity contribution in [2.75, 3.05) is 20.2 Å². The highest BCUT2D eigenvalue weighted by Gasteiger charge is 2.51. The standard InChI is InChI=1S/C25H22N2O6/c1-32-24(30)18-12-17-13-26(14-21(28)27(17)22(18)15-7-3-2-4-8-15)23(29)19-11-16-9-5-6-10-20(16)33-25(19)31/h2-11,17-18,22H,12-14H2,1H3/t17-,18-,22-/m0/s1. The van der Waals surface area contributed by atoms with Crippen LogP contribution in [0.25, 0.3) is 11.0 Å². The van der Waals surface area contributed by atoms with E-state index >= 15 is 0 Å². The SMILES string of the molecule is COC(=O)[C@H]1C[C@H]2CN(C(=O)c3cc4ccccc4oc3=O)CC(=O)N2[C@H]1c1ccccc1. The Kier molecular flexibility index (Phi) is 5.20. The molecule has 168 valence electrons. The third kappa shape index (κ3) is 3.57. The van der Waals surface area contributed by atoms with Crippen LogP contribution in [0.5, 0.6) is 0 Å². The van der Waals surface area contributed by atoms with E-state index < -0.39 is 23.5 Å². The summed E-state index contributed by atoms with van der Waals surface area (Å²) in [5, 5.41) is 0.626. The lowest BCUT2D eigenvalue weighted by atomic mass is 9.93. The van der Waals surface area contributed by atoms with E-state index in [2.05, 4.69) is 0 Å². The van der Waals surface area contributed by atoms with Crippen LogP contribution in [0.4, 0.5) is 0 Å². The fourth-order valence-electron chi connectivity index (χ4n) is 5.00. The maximum atomic E-state index is 13.2. The molecule has 0 bridgehead atoms. The van der Waals surface area contributed by atoms with Crippen LogP contribution in [0.3, 0.4) is 0 Å². The van der Waals surface area contributed by atoms with Crippen LogP contribution in [0.15, 0.2) is 69.9 Å². The molecule has 3 atom stereocenters. The second-order valence-corrected chi connectivity index (χ2v) is 8.35. The van der Waals surface area contributed by atoms with Gasteiger partial charge in [0.1, 0.15) is 17.7 Å². The number of fused-ring (bicyclic) bond motifs is 2. The Morgan fingerprint density at radius 2 is 1.76 bits per heavy atom. The van der Waals surface area contributed by atoms with E-state index in [1.807, 2.05) is 30.3 Å².